The fraction of sp³-hybridized carbons (Fsp3) is 0.682. The highest BCUT2D eigenvalue weighted by molar-refractivity contribution is 5.54. The van der Waals surface area contributed by atoms with Crippen molar-refractivity contribution in [2.75, 3.05) is 26.3 Å². The Hall–Kier alpha value is -2.00. The van der Waals surface area contributed by atoms with Crippen LogP contribution in [0.2, 0.25) is 0 Å². The molecule has 6 nitrogen and oxygen atoms in total. The van der Waals surface area contributed by atoms with Crippen molar-refractivity contribution in [1.29, 1.82) is 0 Å². The smallest absolute Gasteiger partial charge is 0.380 e. The minimum Gasteiger partial charge on any atom is -0.380 e. The molecule has 0 bridgehead atoms. The van der Waals surface area contributed by atoms with Gasteiger partial charge in [0.25, 0.3) is 0 Å². The van der Waals surface area contributed by atoms with Gasteiger partial charge >= 0.3 is 6.18 Å². The summed E-state index contributed by atoms with van der Waals surface area (Å²) in [6.07, 6.45) is 1.20. The second kappa shape index (κ2) is 7.85. The number of halogens is 3. The Bertz CT molecular complexity index is 923. The van der Waals surface area contributed by atoms with Gasteiger partial charge in [0.2, 0.25) is 0 Å². The van der Waals surface area contributed by atoms with E-state index in [4.69, 9.17) is 9.72 Å². The SMILES string of the molecule is CC(C)n1nc(-c2cncc(C(F)(F)F)c2)nc1C1C2CC(N3CCCOCC3)CC21. The maximum Gasteiger partial charge on any atom is 0.417 e. The summed E-state index contributed by atoms with van der Waals surface area (Å²) < 4.78 is 46.8. The topological polar surface area (TPSA) is 56.1 Å². The standard InChI is InChI=1S/C22H28F3N5O/c1-13(2)30-21(27-20(28-30)14-8-15(12-26-11-14)22(23,24)25)19-17-9-16(10-18(17)19)29-4-3-6-31-7-5-29/h8,11-13,16-19H,3-7,9-10H2,1-2H3. The van der Waals surface area contributed by atoms with E-state index in [1.165, 1.54) is 6.20 Å². The molecule has 3 fully saturated rings. The lowest BCUT2D eigenvalue weighted by Gasteiger charge is -2.28. The molecule has 2 aromatic heterocycles. The number of alkyl halides is 3. The first-order chi connectivity index (χ1) is 14.8. The number of rotatable bonds is 4. The van der Waals surface area contributed by atoms with E-state index in [1.807, 2.05) is 18.5 Å². The largest absolute Gasteiger partial charge is 0.417 e. The van der Waals surface area contributed by atoms with Crippen LogP contribution in [-0.4, -0.2) is 57.0 Å². The number of pyridine rings is 1. The summed E-state index contributed by atoms with van der Waals surface area (Å²) in [7, 11) is 0. The summed E-state index contributed by atoms with van der Waals surface area (Å²) in [5.41, 5.74) is -0.469. The molecular formula is C22H28F3N5O. The lowest BCUT2D eigenvalue weighted by atomic mass is 10.0. The quantitative estimate of drug-likeness (QED) is 0.722. The van der Waals surface area contributed by atoms with Crippen molar-refractivity contribution in [3.63, 3.8) is 0 Å². The Labute approximate surface area is 179 Å². The Morgan fingerprint density at radius 3 is 2.58 bits per heavy atom. The lowest BCUT2D eigenvalue weighted by molar-refractivity contribution is -0.137. The fourth-order valence-corrected chi connectivity index (χ4v) is 5.41. The molecule has 2 aromatic rings. The van der Waals surface area contributed by atoms with E-state index in [9.17, 15) is 13.2 Å². The molecule has 2 saturated carbocycles. The molecule has 0 radical (unpaired) electrons. The van der Waals surface area contributed by atoms with Gasteiger partial charge in [0, 0.05) is 55.7 Å². The van der Waals surface area contributed by atoms with E-state index < -0.39 is 11.7 Å². The number of hydrogen-bond donors (Lipinski definition) is 0. The van der Waals surface area contributed by atoms with Crippen LogP contribution in [-0.2, 0) is 10.9 Å². The van der Waals surface area contributed by atoms with Gasteiger partial charge in [-0.1, -0.05) is 0 Å². The van der Waals surface area contributed by atoms with E-state index >= 15 is 0 Å². The van der Waals surface area contributed by atoms with Gasteiger partial charge in [-0.2, -0.15) is 18.3 Å². The van der Waals surface area contributed by atoms with Crippen molar-refractivity contribution in [2.45, 2.75) is 57.3 Å². The van der Waals surface area contributed by atoms with Crippen LogP contribution in [0.25, 0.3) is 11.4 Å². The lowest BCUT2D eigenvalue weighted by Crippen LogP contribution is -2.36. The van der Waals surface area contributed by atoms with E-state index in [-0.39, 0.29) is 6.04 Å². The average Bonchev–Trinajstić information content (AvgIpc) is 3.07. The molecule has 2 aliphatic carbocycles. The van der Waals surface area contributed by atoms with Gasteiger partial charge in [-0.15, -0.1) is 0 Å². The highest BCUT2D eigenvalue weighted by Gasteiger charge is 2.59. The summed E-state index contributed by atoms with van der Waals surface area (Å²) in [6, 6.07) is 1.78. The summed E-state index contributed by atoms with van der Waals surface area (Å²) >= 11 is 0. The Kier molecular flexibility index (Phi) is 5.29. The molecule has 0 N–H and O–H groups in total. The molecule has 1 aliphatic heterocycles. The summed E-state index contributed by atoms with van der Waals surface area (Å²) in [4.78, 5) is 11.1. The second-order valence-corrected chi connectivity index (χ2v) is 9.27. The highest BCUT2D eigenvalue weighted by atomic mass is 19.4. The van der Waals surface area contributed by atoms with Crippen molar-refractivity contribution in [3.8, 4) is 11.4 Å². The Balaban J connectivity index is 1.35. The van der Waals surface area contributed by atoms with Crippen molar-refractivity contribution < 1.29 is 17.9 Å². The normalized spacial score (nSPS) is 29.2. The molecule has 5 rings (SSSR count). The van der Waals surface area contributed by atoms with Crippen molar-refractivity contribution in [3.05, 3.63) is 29.8 Å². The minimum atomic E-state index is -4.44. The third-order valence-corrected chi connectivity index (χ3v) is 6.96. The number of ether oxygens (including phenoxy) is 1. The molecule has 0 aromatic carbocycles. The fourth-order valence-electron chi connectivity index (χ4n) is 5.41. The van der Waals surface area contributed by atoms with E-state index in [0.29, 0.717) is 35.2 Å². The monoisotopic (exact) mass is 435 g/mol. The Morgan fingerprint density at radius 1 is 1.10 bits per heavy atom. The van der Waals surface area contributed by atoms with Gasteiger partial charge in [0.05, 0.1) is 12.2 Å². The average molecular weight is 435 g/mol. The van der Waals surface area contributed by atoms with Gasteiger partial charge in [-0.25, -0.2) is 9.67 Å². The zero-order valence-corrected chi connectivity index (χ0v) is 17.8. The molecule has 31 heavy (non-hydrogen) atoms. The van der Waals surface area contributed by atoms with Crippen molar-refractivity contribution in [2.24, 2.45) is 11.8 Å². The van der Waals surface area contributed by atoms with Crippen LogP contribution in [0, 0.1) is 11.8 Å². The van der Waals surface area contributed by atoms with Crippen molar-refractivity contribution >= 4 is 0 Å². The minimum absolute atomic E-state index is 0.0925. The maximum atomic E-state index is 13.1. The number of aromatic nitrogens is 4. The summed E-state index contributed by atoms with van der Waals surface area (Å²) in [6.45, 7) is 7.83. The molecule has 3 heterocycles. The van der Waals surface area contributed by atoms with Crippen LogP contribution in [0.5, 0.6) is 0 Å². The third kappa shape index (κ3) is 3.98. The van der Waals surface area contributed by atoms with E-state index in [1.54, 1.807) is 0 Å². The molecule has 0 amide bonds. The number of fused-ring (bicyclic) bond motifs is 1. The second-order valence-electron chi connectivity index (χ2n) is 9.27. The first kappa shape index (κ1) is 20.9. The van der Waals surface area contributed by atoms with Crippen LogP contribution < -0.4 is 0 Å². The first-order valence-electron chi connectivity index (χ1n) is 11.1. The zero-order valence-electron chi connectivity index (χ0n) is 17.8. The van der Waals surface area contributed by atoms with Crippen LogP contribution >= 0.6 is 0 Å². The van der Waals surface area contributed by atoms with Gasteiger partial charge in [-0.05, 0) is 51.0 Å². The summed E-state index contributed by atoms with van der Waals surface area (Å²) in [5, 5.41) is 4.58. The van der Waals surface area contributed by atoms with E-state index in [2.05, 4.69) is 15.0 Å². The molecule has 2 unspecified atom stereocenters. The zero-order chi connectivity index (χ0) is 21.8. The number of nitrogens with zero attached hydrogens (tertiary/aromatic N) is 5. The van der Waals surface area contributed by atoms with Gasteiger partial charge in [0.15, 0.2) is 5.82 Å². The van der Waals surface area contributed by atoms with Crippen LogP contribution in [0.15, 0.2) is 18.5 Å². The third-order valence-electron chi connectivity index (χ3n) is 6.96. The highest BCUT2D eigenvalue weighted by Crippen LogP contribution is 2.63. The molecule has 3 aliphatic rings. The summed E-state index contributed by atoms with van der Waals surface area (Å²) in [5.74, 6) is 2.76. The van der Waals surface area contributed by atoms with E-state index in [0.717, 1.165) is 63.7 Å². The van der Waals surface area contributed by atoms with Crippen molar-refractivity contribution in [1.82, 2.24) is 24.6 Å². The molecule has 0 spiro atoms. The molecule has 2 atom stereocenters. The molecule has 1 saturated heterocycles. The predicted octanol–water partition coefficient (Wildman–Crippen LogP) is 4.15. The van der Waals surface area contributed by atoms with Crippen LogP contribution in [0.1, 0.15) is 56.5 Å². The molecule has 9 heteroatoms. The Morgan fingerprint density at radius 2 is 1.87 bits per heavy atom. The van der Waals surface area contributed by atoms with Crippen LogP contribution in [0.4, 0.5) is 13.2 Å². The van der Waals surface area contributed by atoms with Gasteiger partial charge in [0.1, 0.15) is 5.82 Å². The maximum absolute atomic E-state index is 13.1. The molecular weight excluding hydrogens is 407 g/mol. The van der Waals surface area contributed by atoms with Gasteiger partial charge in [-0.3, -0.25) is 9.88 Å². The number of hydrogen-bond acceptors (Lipinski definition) is 5. The predicted molar refractivity (Wildman–Crippen MR) is 108 cm³/mol. The van der Waals surface area contributed by atoms with Crippen LogP contribution in [0.3, 0.4) is 0 Å². The first-order valence-corrected chi connectivity index (χ1v) is 11.1. The van der Waals surface area contributed by atoms with Gasteiger partial charge < -0.3 is 4.74 Å². The molecule has 168 valence electrons.